The molecule has 0 aliphatic rings. The van der Waals surface area contributed by atoms with Gasteiger partial charge in [-0.25, -0.2) is 0 Å². The van der Waals surface area contributed by atoms with E-state index in [4.69, 9.17) is 20.4 Å². The Morgan fingerprint density at radius 1 is 0.654 bits per heavy atom. The van der Waals surface area contributed by atoms with Crippen LogP contribution < -0.4 is 0 Å². The lowest BCUT2D eigenvalue weighted by Crippen LogP contribution is -2.15. The molecule has 0 spiro atoms. The smallest absolute Gasteiger partial charge is 0.303 e. The minimum Gasteiger partial charge on any atom is -0.481 e. The standard InChI is InChI=1S/C18H36O2.C3H8O3/c1-2-3-4-5-6-7-8-9-10-11-12-13-14-15-16-17-18(19)20;4-1-3(6)2-5/h2-17H2,1H3,(H,19,20);3-6H,1-2H2. The van der Waals surface area contributed by atoms with Crippen molar-refractivity contribution in [1.82, 2.24) is 0 Å². The van der Waals surface area contributed by atoms with E-state index in [2.05, 4.69) is 6.92 Å². The molecule has 0 fully saturated rings. The fourth-order valence-electron chi connectivity index (χ4n) is 2.71. The van der Waals surface area contributed by atoms with Gasteiger partial charge in [0.1, 0.15) is 6.10 Å². The summed E-state index contributed by atoms with van der Waals surface area (Å²) in [7, 11) is 0. The van der Waals surface area contributed by atoms with Gasteiger partial charge in [-0.2, -0.15) is 0 Å². The SMILES string of the molecule is CCCCCCCCCCCCCCCCCC(=O)O.OCC(O)CO. The number of carboxylic acid groups (broad SMARTS) is 1. The summed E-state index contributed by atoms with van der Waals surface area (Å²) in [6.07, 6.45) is 19.2. The topological polar surface area (TPSA) is 98.0 Å². The van der Waals surface area contributed by atoms with Gasteiger partial charge in [0.2, 0.25) is 0 Å². The van der Waals surface area contributed by atoms with E-state index in [0.717, 1.165) is 12.8 Å². The van der Waals surface area contributed by atoms with E-state index in [1.54, 1.807) is 0 Å². The second kappa shape index (κ2) is 24.4. The van der Waals surface area contributed by atoms with Crippen LogP contribution >= 0.6 is 0 Å². The molecular weight excluding hydrogens is 332 g/mol. The predicted octanol–water partition coefficient (Wildman–Crippen LogP) is 4.66. The molecule has 0 unspecified atom stereocenters. The van der Waals surface area contributed by atoms with Crippen LogP contribution in [0.2, 0.25) is 0 Å². The molecule has 0 bridgehead atoms. The lowest BCUT2D eigenvalue weighted by molar-refractivity contribution is -0.137. The van der Waals surface area contributed by atoms with Gasteiger partial charge in [-0.05, 0) is 6.42 Å². The largest absolute Gasteiger partial charge is 0.481 e. The quantitative estimate of drug-likeness (QED) is 0.261. The number of hydrogen-bond acceptors (Lipinski definition) is 4. The van der Waals surface area contributed by atoms with Crippen LogP contribution in [0.4, 0.5) is 0 Å². The Morgan fingerprint density at radius 3 is 1.19 bits per heavy atom. The highest BCUT2D eigenvalue weighted by Crippen LogP contribution is 2.13. The number of aliphatic hydroxyl groups excluding tert-OH is 3. The summed E-state index contributed by atoms with van der Waals surface area (Å²) in [5.41, 5.74) is 0. The summed E-state index contributed by atoms with van der Waals surface area (Å²) in [4.78, 5) is 10.3. The molecule has 0 atom stereocenters. The Labute approximate surface area is 160 Å². The zero-order valence-corrected chi connectivity index (χ0v) is 17.0. The number of unbranched alkanes of at least 4 members (excludes halogenated alkanes) is 14. The lowest BCUT2D eigenvalue weighted by Gasteiger charge is -2.03. The first kappa shape index (κ1) is 27.6. The monoisotopic (exact) mass is 376 g/mol. The van der Waals surface area contributed by atoms with Gasteiger partial charge < -0.3 is 20.4 Å². The van der Waals surface area contributed by atoms with Crippen LogP contribution in [-0.2, 0) is 4.79 Å². The van der Waals surface area contributed by atoms with Crippen molar-refractivity contribution in [2.75, 3.05) is 13.2 Å². The van der Waals surface area contributed by atoms with Crippen molar-refractivity contribution in [3.63, 3.8) is 0 Å². The molecule has 0 aromatic heterocycles. The van der Waals surface area contributed by atoms with E-state index in [1.165, 1.54) is 83.5 Å². The number of carbonyl (C=O) groups is 1. The van der Waals surface area contributed by atoms with Gasteiger partial charge in [0.25, 0.3) is 0 Å². The average molecular weight is 377 g/mol. The van der Waals surface area contributed by atoms with Crippen molar-refractivity contribution >= 4 is 5.97 Å². The van der Waals surface area contributed by atoms with Crippen molar-refractivity contribution in [3.8, 4) is 0 Å². The van der Waals surface area contributed by atoms with E-state index in [-0.39, 0.29) is 13.2 Å². The maximum absolute atomic E-state index is 10.3. The summed E-state index contributed by atoms with van der Waals surface area (Å²) in [5, 5.41) is 32.5. The minimum atomic E-state index is -0.954. The maximum Gasteiger partial charge on any atom is 0.303 e. The summed E-state index contributed by atoms with van der Waals surface area (Å²) in [6, 6.07) is 0. The molecule has 26 heavy (non-hydrogen) atoms. The second-order valence-electron chi connectivity index (χ2n) is 7.11. The van der Waals surface area contributed by atoms with Crippen LogP contribution in [0, 0.1) is 0 Å². The first-order valence-corrected chi connectivity index (χ1v) is 10.7. The number of aliphatic carboxylic acids is 1. The van der Waals surface area contributed by atoms with Crippen LogP contribution in [0.5, 0.6) is 0 Å². The molecule has 0 aromatic carbocycles. The Hall–Kier alpha value is -0.650. The van der Waals surface area contributed by atoms with Crippen molar-refractivity contribution in [3.05, 3.63) is 0 Å². The van der Waals surface area contributed by atoms with Crippen LogP contribution in [0.25, 0.3) is 0 Å². The predicted molar refractivity (Wildman–Crippen MR) is 107 cm³/mol. The van der Waals surface area contributed by atoms with Crippen molar-refractivity contribution in [2.45, 2.75) is 116 Å². The second-order valence-corrected chi connectivity index (χ2v) is 7.11. The van der Waals surface area contributed by atoms with E-state index in [9.17, 15) is 4.79 Å². The third kappa shape index (κ3) is 28.2. The summed E-state index contributed by atoms with van der Waals surface area (Å²) >= 11 is 0. The zero-order chi connectivity index (χ0) is 19.9. The Morgan fingerprint density at radius 2 is 0.962 bits per heavy atom. The fraction of sp³-hybridized carbons (Fsp3) is 0.952. The molecule has 4 N–H and O–H groups in total. The molecular formula is C21H44O5. The number of rotatable bonds is 18. The van der Waals surface area contributed by atoms with Crippen LogP contribution in [-0.4, -0.2) is 45.7 Å². The molecule has 0 saturated heterocycles. The molecule has 0 heterocycles. The third-order valence-electron chi connectivity index (χ3n) is 4.42. The fourth-order valence-corrected chi connectivity index (χ4v) is 2.71. The van der Waals surface area contributed by atoms with Gasteiger partial charge in [-0.3, -0.25) is 4.79 Å². The molecule has 0 amide bonds. The van der Waals surface area contributed by atoms with E-state index in [1.807, 2.05) is 0 Å². The highest BCUT2D eigenvalue weighted by atomic mass is 16.4. The van der Waals surface area contributed by atoms with Gasteiger partial charge in [-0.15, -0.1) is 0 Å². The van der Waals surface area contributed by atoms with E-state index in [0.29, 0.717) is 6.42 Å². The Bertz CT molecular complexity index is 267. The summed E-state index contributed by atoms with van der Waals surface area (Å²) in [6.45, 7) is 1.54. The highest BCUT2D eigenvalue weighted by Gasteiger charge is 1.97. The first-order chi connectivity index (χ1) is 12.6. The maximum atomic E-state index is 10.3. The molecule has 0 aliphatic carbocycles. The zero-order valence-electron chi connectivity index (χ0n) is 17.0. The normalized spacial score (nSPS) is 10.7. The minimum absolute atomic E-state index is 0.345. The molecule has 0 radical (unpaired) electrons. The first-order valence-electron chi connectivity index (χ1n) is 10.7. The highest BCUT2D eigenvalue weighted by molar-refractivity contribution is 5.66. The van der Waals surface area contributed by atoms with Crippen LogP contribution in [0.1, 0.15) is 110 Å². The van der Waals surface area contributed by atoms with Gasteiger partial charge in [0.05, 0.1) is 13.2 Å². The van der Waals surface area contributed by atoms with Crippen LogP contribution in [0.15, 0.2) is 0 Å². The molecule has 158 valence electrons. The summed E-state index contributed by atoms with van der Waals surface area (Å²) in [5.74, 6) is -0.653. The van der Waals surface area contributed by atoms with Crippen molar-refractivity contribution < 1.29 is 25.2 Å². The lowest BCUT2D eigenvalue weighted by atomic mass is 10.0. The molecule has 0 aromatic rings. The van der Waals surface area contributed by atoms with Crippen LogP contribution in [0.3, 0.4) is 0 Å². The van der Waals surface area contributed by atoms with Gasteiger partial charge >= 0.3 is 5.97 Å². The molecule has 0 rings (SSSR count). The van der Waals surface area contributed by atoms with E-state index < -0.39 is 12.1 Å². The molecule has 0 aliphatic heterocycles. The Kier molecular flexibility index (Phi) is 25.8. The van der Waals surface area contributed by atoms with Crippen molar-refractivity contribution in [1.29, 1.82) is 0 Å². The van der Waals surface area contributed by atoms with Crippen molar-refractivity contribution in [2.24, 2.45) is 0 Å². The molecule has 0 saturated carbocycles. The Balaban J connectivity index is 0. The summed E-state index contributed by atoms with van der Waals surface area (Å²) < 4.78 is 0. The van der Waals surface area contributed by atoms with Gasteiger partial charge in [0.15, 0.2) is 0 Å². The number of hydrogen-bond donors (Lipinski definition) is 4. The third-order valence-corrected chi connectivity index (χ3v) is 4.42. The number of carboxylic acids is 1. The van der Waals surface area contributed by atoms with E-state index >= 15 is 0 Å². The average Bonchev–Trinajstić information content (AvgIpc) is 2.64. The van der Waals surface area contributed by atoms with Gasteiger partial charge in [-0.1, -0.05) is 96.8 Å². The number of aliphatic hydroxyl groups is 3. The van der Waals surface area contributed by atoms with Gasteiger partial charge in [0, 0.05) is 6.42 Å². The molecule has 5 nitrogen and oxygen atoms in total. The molecule has 5 heteroatoms.